The number of hydrogen-bond donors (Lipinski definition) is 2. The van der Waals surface area contributed by atoms with E-state index in [4.69, 9.17) is 5.73 Å². The first kappa shape index (κ1) is 20.2. The number of rotatable bonds is 4. The highest BCUT2D eigenvalue weighted by atomic mass is 19.1. The van der Waals surface area contributed by atoms with Gasteiger partial charge < -0.3 is 11.1 Å². The number of nitrogens with one attached hydrogen (secondary N) is 1. The smallest absolute Gasteiger partial charge is 0.222 e. The van der Waals surface area contributed by atoms with Crippen LogP contribution in [0.4, 0.5) is 20.5 Å². The Hall–Kier alpha value is -4.57. The topological polar surface area (TPSA) is 118 Å². The standard InChI is InChI=1S/C18H12F2N8.C2H2/c19-11-1-2-14-15(4-11)28(13-3-12(20)7-23-8-13)16(26-14)9-24-17-10(5-21)6-25-18(22)27-17;1-2/h1-4,6-8H,9H2,(H3,22,24,25,27);1-2H. The summed E-state index contributed by atoms with van der Waals surface area (Å²) in [6.45, 7) is 0.109. The Balaban J connectivity index is 0.00000124. The van der Waals surface area contributed by atoms with Crippen LogP contribution in [-0.4, -0.2) is 24.5 Å². The van der Waals surface area contributed by atoms with E-state index in [0.717, 1.165) is 6.20 Å². The minimum absolute atomic E-state index is 0.00593. The van der Waals surface area contributed by atoms with Gasteiger partial charge in [0, 0.05) is 12.1 Å². The maximum Gasteiger partial charge on any atom is 0.222 e. The highest BCUT2D eigenvalue weighted by Crippen LogP contribution is 2.23. The zero-order valence-electron chi connectivity index (χ0n) is 15.4. The fourth-order valence-corrected chi connectivity index (χ4v) is 2.80. The second kappa shape index (κ2) is 8.63. The number of pyridine rings is 1. The van der Waals surface area contributed by atoms with E-state index in [1.807, 2.05) is 6.07 Å². The molecule has 0 fully saturated rings. The van der Waals surface area contributed by atoms with Crippen molar-refractivity contribution in [2.75, 3.05) is 11.1 Å². The molecule has 0 radical (unpaired) electrons. The van der Waals surface area contributed by atoms with Crippen LogP contribution in [0.1, 0.15) is 11.4 Å². The molecule has 0 unspecified atom stereocenters. The van der Waals surface area contributed by atoms with Crippen molar-refractivity contribution in [1.29, 1.82) is 5.26 Å². The number of hydrogen-bond acceptors (Lipinski definition) is 7. The van der Waals surface area contributed by atoms with Crippen LogP contribution in [0.5, 0.6) is 0 Å². The van der Waals surface area contributed by atoms with E-state index in [0.29, 0.717) is 22.5 Å². The number of halogens is 2. The van der Waals surface area contributed by atoms with Gasteiger partial charge in [0.15, 0.2) is 0 Å². The molecule has 148 valence electrons. The van der Waals surface area contributed by atoms with Crippen LogP contribution in [0.2, 0.25) is 0 Å². The largest absolute Gasteiger partial charge is 0.368 e. The molecule has 0 aliphatic carbocycles. The molecule has 0 amide bonds. The summed E-state index contributed by atoms with van der Waals surface area (Å²) in [7, 11) is 0. The normalized spacial score (nSPS) is 10.1. The van der Waals surface area contributed by atoms with Crippen LogP contribution in [-0.2, 0) is 6.54 Å². The minimum atomic E-state index is -0.537. The van der Waals surface area contributed by atoms with Crippen molar-refractivity contribution in [3.05, 3.63) is 65.9 Å². The molecule has 10 heteroatoms. The van der Waals surface area contributed by atoms with Crippen molar-refractivity contribution in [2.24, 2.45) is 0 Å². The van der Waals surface area contributed by atoms with E-state index in [-0.39, 0.29) is 23.9 Å². The van der Waals surface area contributed by atoms with E-state index in [2.05, 4.69) is 38.1 Å². The molecule has 4 rings (SSSR count). The van der Waals surface area contributed by atoms with Crippen LogP contribution < -0.4 is 11.1 Å². The Morgan fingerprint density at radius 3 is 2.63 bits per heavy atom. The van der Waals surface area contributed by atoms with Gasteiger partial charge in [0.2, 0.25) is 5.95 Å². The third kappa shape index (κ3) is 3.98. The summed E-state index contributed by atoms with van der Waals surface area (Å²) < 4.78 is 29.1. The van der Waals surface area contributed by atoms with Crippen molar-refractivity contribution < 1.29 is 8.78 Å². The van der Waals surface area contributed by atoms with Crippen LogP contribution in [0.3, 0.4) is 0 Å². The number of fused-ring (bicyclic) bond motifs is 1. The molecule has 0 saturated heterocycles. The zero-order chi connectivity index (χ0) is 21.7. The minimum Gasteiger partial charge on any atom is -0.368 e. The second-order valence-electron chi connectivity index (χ2n) is 5.81. The summed E-state index contributed by atoms with van der Waals surface area (Å²) in [5.41, 5.74) is 7.14. The van der Waals surface area contributed by atoms with E-state index in [1.165, 1.54) is 36.7 Å². The average molecular weight is 404 g/mol. The van der Waals surface area contributed by atoms with E-state index >= 15 is 0 Å². The van der Waals surface area contributed by atoms with Gasteiger partial charge in [-0.1, -0.05) is 0 Å². The number of anilines is 2. The molecule has 4 aromatic rings. The van der Waals surface area contributed by atoms with Gasteiger partial charge >= 0.3 is 0 Å². The number of nitrogens with zero attached hydrogens (tertiary/aromatic N) is 6. The summed E-state index contributed by atoms with van der Waals surface area (Å²) in [6.07, 6.45) is 11.8. The number of nitrogen functional groups attached to an aromatic ring is 1. The van der Waals surface area contributed by atoms with Crippen molar-refractivity contribution >= 4 is 22.8 Å². The molecule has 0 aliphatic rings. The van der Waals surface area contributed by atoms with Gasteiger partial charge in [-0.2, -0.15) is 10.2 Å². The fraction of sp³-hybridized carbons (Fsp3) is 0.0500. The molecule has 30 heavy (non-hydrogen) atoms. The SMILES string of the molecule is C#C.N#Cc1cnc(N)nc1NCc1nc2ccc(F)cc2n1-c1cncc(F)c1. The van der Waals surface area contributed by atoms with E-state index < -0.39 is 11.6 Å². The number of nitrogens with two attached hydrogens (primary N) is 1. The van der Waals surface area contributed by atoms with Gasteiger partial charge in [-0.15, -0.1) is 12.8 Å². The summed E-state index contributed by atoms with van der Waals surface area (Å²) in [5, 5.41) is 12.2. The first-order chi connectivity index (χ1) is 14.5. The fourth-order valence-electron chi connectivity index (χ4n) is 2.80. The summed E-state index contributed by atoms with van der Waals surface area (Å²) in [4.78, 5) is 16.1. The number of imidazole rings is 1. The van der Waals surface area contributed by atoms with Gasteiger partial charge in [0.05, 0.1) is 41.9 Å². The molecular formula is C20H14F2N8. The molecule has 0 atom stereocenters. The third-order valence-corrected chi connectivity index (χ3v) is 3.98. The van der Waals surface area contributed by atoms with Gasteiger partial charge in [0.25, 0.3) is 0 Å². The summed E-state index contributed by atoms with van der Waals surface area (Å²) in [6, 6.07) is 7.36. The molecule has 3 aromatic heterocycles. The van der Waals surface area contributed by atoms with Crippen molar-refractivity contribution in [2.45, 2.75) is 6.54 Å². The van der Waals surface area contributed by atoms with Crippen LogP contribution in [0.25, 0.3) is 16.7 Å². The Bertz CT molecular complexity index is 1270. The number of benzene rings is 1. The third-order valence-electron chi connectivity index (χ3n) is 3.98. The van der Waals surface area contributed by atoms with Crippen LogP contribution in [0.15, 0.2) is 42.9 Å². The molecule has 0 spiro atoms. The summed E-state index contributed by atoms with van der Waals surface area (Å²) >= 11 is 0. The van der Waals surface area contributed by atoms with Crippen LogP contribution >= 0.6 is 0 Å². The Morgan fingerprint density at radius 1 is 1.10 bits per heavy atom. The molecule has 3 heterocycles. The maximum atomic E-state index is 13.8. The highest BCUT2D eigenvalue weighted by molar-refractivity contribution is 5.78. The molecule has 0 aliphatic heterocycles. The van der Waals surface area contributed by atoms with E-state index in [1.54, 1.807) is 4.57 Å². The lowest BCUT2D eigenvalue weighted by molar-refractivity contribution is 0.619. The highest BCUT2D eigenvalue weighted by Gasteiger charge is 2.15. The van der Waals surface area contributed by atoms with Gasteiger partial charge in [0.1, 0.15) is 34.9 Å². The molecule has 1 aromatic carbocycles. The average Bonchev–Trinajstić information content (AvgIpc) is 3.11. The molecule has 8 nitrogen and oxygen atoms in total. The predicted molar refractivity (Wildman–Crippen MR) is 107 cm³/mol. The Morgan fingerprint density at radius 2 is 1.90 bits per heavy atom. The molecule has 0 saturated carbocycles. The lowest BCUT2D eigenvalue weighted by atomic mass is 10.3. The van der Waals surface area contributed by atoms with Crippen molar-refractivity contribution in [3.8, 4) is 24.6 Å². The lowest BCUT2D eigenvalue weighted by Crippen LogP contribution is -2.11. The van der Waals surface area contributed by atoms with Gasteiger partial charge in [-0.25, -0.2) is 18.7 Å². The number of aromatic nitrogens is 5. The first-order valence-electron chi connectivity index (χ1n) is 8.43. The number of nitriles is 1. The van der Waals surface area contributed by atoms with Gasteiger partial charge in [-0.05, 0) is 12.1 Å². The molecule has 0 bridgehead atoms. The summed E-state index contributed by atoms with van der Waals surface area (Å²) in [5.74, 6) is -0.310. The first-order valence-corrected chi connectivity index (χ1v) is 8.43. The van der Waals surface area contributed by atoms with Crippen molar-refractivity contribution in [1.82, 2.24) is 24.5 Å². The van der Waals surface area contributed by atoms with E-state index in [9.17, 15) is 14.0 Å². The Labute approximate surface area is 170 Å². The van der Waals surface area contributed by atoms with Crippen molar-refractivity contribution in [3.63, 3.8) is 0 Å². The monoisotopic (exact) mass is 404 g/mol. The lowest BCUT2D eigenvalue weighted by Gasteiger charge is -2.11. The predicted octanol–water partition coefficient (Wildman–Crippen LogP) is 2.80. The molecular weight excluding hydrogens is 390 g/mol. The number of terminal acetylenes is 1. The maximum absolute atomic E-state index is 13.8. The Kier molecular flexibility index (Phi) is 5.80. The van der Waals surface area contributed by atoms with Gasteiger partial charge in [-0.3, -0.25) is 9.55 Å². The quantitative estimate of drug-likeness (QED) is 0.502. The molecule has 3 N–H and O–H groups in total. The second-order valence-corrected chi connectivity index (χ2v) is 5.81. The zero-order valence-corrected chi connectivity index (χ0v) is 15.4. The van der Waals surface area contributed by atoms with Crippen LogP contribution in [0, 0.1) is 35.8 Å².